The summed E-state index contributed by atoms with van der Waals surface area (Å²) in [7, 11) is 1.80. The van der Waals surface area contributed by atoms with Crippen LogP contribution in [-0.2, 0) is 9.59 Å². The number of hydrogen-bond acceptors (Lipinski definition) is 4. The number of guanidine groups is 1. The molecule has 2 saturated heterocycles. The number of likely N-dealkylation sites (tertiary alicyclic amines) is 1. The molecule has 1 unspecified atom stereocenters. The Labute approximate surface area is 173 Å². The van der Waals surface area contributed by atoms with E-state index in [0.29, 0.717) is 12.3 Å². The molecule has 2 aliphatic heterocycles. The highest BCUT2D eigenvalue weighted by Gasteiger charge is 2.24. The van der Waals surface area contributed by atoms with Crippen molar-refractivity contribution in [1.82, 2.24) is 20.0 Å². The van der Waals surface area contributed by atoms with Crippen LogP contribution in [0, 0.1) is 5.92 Å². The van der Waals surface area contributed by atoms with Crippen LogP contribution in [0.5, 0.6) is 0 Å². The number of piperidine rings is 1. The molecule has 9 heteroatoms. The van der Waals surface area contributed by atoms with Crippen LogP contribution in [0.2, 0.25) is 0 Å². The maximum absolute atomic E-state index is 11.4. The molecule has 2 fully saturated rings. The van der Waals surface area contributed by atoms with E-state index in [2.05, 4.69) is 20.1 Å². The quantitative estimate of drug-likeness (QED) is 0.327. The second-order valence-corrected chi connectivity index (χ2v) is 6.95. The number of amides is 2. The maximum Gasteiger partial charge on any atom is 0.219 e. The zero-order valence-electron chi connectivity index (χ0n) is 15.9. The third-order valence-electron chi connectivity index (χ3n) is 5.05. The zero-order valence-corrected chi connectivity index (χ0v) is 18.3. The number of primary amides is 1. The molecule has 0 bridgehead atoms. The van der Waals surface area contributed by atoms with Crippen LogP contribution in [0.3, 0.4) is 0 Å². The number of nitrogens with one attached hydrogen (secondary N) is 1. The van der Waals surface area contributed by atoms with E-state index < -0.39 is 0 Å². The molecule has 0 aromatic heterocycles. The largest absolute Gasteiger partial charge is 0.370 e. The van der Waals surface area contributed by atoms with Crippen LogP contribution in [0.4, 0.5) is 0 Å². The lowest BCUT2D eigenvalue weighted by Crippen LogP contribution is -2.51. The molecule has 2 amide bonds. The fourth-order valence-electron chi connectivity index (χ4n) is 3.65. The Bertz CT molecular complexity index is 494. The normalized spacial score (nSPS) is 21.9. The summed E-state index contributed by atoms with van der Waals surface area (Å²) in [4.78, 5) is 33.4. The molecule has 8 nitrogen and oxygen atoms in total. The monoisotopic (exact) mass is 480 g/mol. The second kappa shape index (κ2) is 11.6. The number of halogens is 1. The van der Waals surface area contributed by atoms with Crippen LogP contribution in [0.15, 0.2) is 4.99 Å². The van der Waals surface area contributed by atoms with Crippen molar-refractivity contribution in [3.63, 3.8) is 0 Å². The van der Waals surface area contributed by atoms with Gasteiger partial charge in [-0.2, -0.15) is 0 Å². The van der Waals surface area contributed by atoms with Gasteiger partial charge in [0.2, 0.25) is 11.8 Å². The highest BCUT2D eigenvalue weighted by atomic mass is 127. The van der Waals surface area contributed by atoms with Crippen molar-refractivity contribution in [3.05, 3.63) is 0 Å². The third kappa shape index (κ3) is 7.26. The number of piperazine rings is 1. The Hall–Kier alpha value is -1.10. The van der Waals surface area contributed by atoms with Gasteiger partial charge < -0.3 is 20.9 Å². The number of rotatable bonds is 5. The van der Waals surface area contributed by atoms with Crippen molar-refractivity contribution in [2.24, 2.45) is 16.6 Å². The van der Waals surface area contributed by atoms with Crippen LogP contribution in [0.1, 0.15) is 26.2 Å². The summed E-state index contributed by atoms with van der Waals surface area (Å²) in [5, 5.41) is 3.43. The van der Waals surface area contributed by atoms with Gasteiger partial charge in [0.05, 0.1) is 0 Å². The molecule has 26 heavy (non-hydrogen) atoms. The smallest absolute Gasteiger partial charge is 0.219 e. The first kappa shape index (κ1) is 22.9. The Morgan fingerprint density at radius 1 is 1.15 bits per heavy atom. The molecule has 0 aromatic carbocycles. The van der Waals surface area contributed by atoms with Crippen molar-refractivity contribution >= 4 is 41.8 Å². The Morgan fingerprint density at radius 2 is 1.85 bits per heavy atom. The topological polar surface area (TPSA) is 94.3 Å². The van der Waals surface area contributed by atoms with E-state index in [9.17, 15) is 9.59 Å². The molecule has 2 rings (SSSR count). The maximum atomic E-state index is 11.4. The van der Waals surface area contributed by atoms with Crippen molar-refractivity contribution in [3.8, 4) is 0 Å². The van der Waals surface area contributed by atoms with Crippen molar-refractivity contribution in [1.29, 1.82) is 0 Å². The molecule has 150 valence electrons. The number of carbonyl (C=O) groups excluding carboxylic acids is 2. The molecule has 2 aliphatic rings. The Morgan fingerprint density at radius 3 is 2.42 bits per heavy atom. The summed E-state index contributed by atoms with van der Waals surface area (Å²) >= 11 is 0. The van der Waals surface area contributed by atoms with E-state index in [1.165, 1.54) is 0 Å². The molecule has 1 atom stereocenters. The number of hydrogen-bond donors (Lipinski definition) is 2. The molecule has 2 heterocycles. The lowest BCUT2D eigenvalue weighted by atomic mass is 9.95. The first-order valence-corrected chi connectivity index (χ1v) is 9.21. The van der Waals surface area contributed by atoms with Gasteiger partial charge in [0.25, 0.3) is 0 Å². The highest BCUT2D eigenvalue weighted by Crippen LogP contribution is 2.19. The minimum atomic E-state index is -0.223. The van der Waals surface area contributed by atoms with Gasteiger partial charge >= 0.3 is 0 Å². The summed E-state index contributed by atoms with van der Waals surface area (Å²) in [6, 6.07) is 0. The average molecular weight is 480 g/mol. The predicted octanol–water partition coefficient (Wildman–Crippen LogP) is -0.0687. The molecule has 0 aliphatic carbocycles. The third-order valence-corrected chi connectivity index (χ3v) is 5.05. The Kier molecular flexibility index (Phi) is 10.2. The van der Waals surface area contributed by atoms with Crippen molar-refractivity contribution < 1.29 is 9.59 Å². The molecule has 0 saturated carbocycles. The minimum absolute atomic E-state index is 0. The summed E-state index contributed by atoms with van der Waals surface area (Å²) < 4.78 is 0. The van der Waals surface area contributed by atoms with Gasteiger partial charge in [-0.1, -0.05) is 0 Å². The summed E-state index contributed by atoms with van der Waals surface area (Å²) in [6.45, 7) is 8.65. The van der Waals surface area contributed by atoms with Gasteiger partial charge in [-0.15, -0.1) is 24.0 Å². The van der Waals surface area contributed by atoms with Crippen LogP contribution in [0.25, 0.3) is 0 Å². The molecular weight excluding hydrogens is 447 g/mol. The van der Waals surface area contributed by atoms with Crippen LogP contribution >= 0.6 is 24.0 Å². The minimum Gasteiger partial charge on any atom is -0.370 e. The molecular formula is C17H33IN6O2. The second-order valence-electron chi connectivity index (χ2n) is 6.95. The van der Waals surface area contributed by atoms with E-state index in [4.69, 9.17) is 5.73 Å². The highest BCUT2D eigenvalue weighted by molar-refractivity contribution is 14.0. The van der Waals surface area contributed by atoms with Crippen molar-refractivity contribution in [2.75, 3.05) is 59.4 Å². The summed E-state index contributed by atoms with van der Waals surface area (Å²) in [5.41, 5.74) is 5.34. The average Bonchev–Trinajstić information content (AvgIpc) is 2.59. The van der Waals surface area contributed by atoms with Gasteiger partial charge in [0.1, 0.15) is 0 Å². The molecule has 0 aromatic rings. The predicted molar refractivity (Wildman–Crippen MR) is 114 cm³/mol. The van der Waals surface area contributed by atoms with E-state index in [-0.39, 0.29) is 35.8 Å². The lowest BCUT2D eigenvalue weighted by Gasteiger charge is -2.36. The standard InChI is InChI=1S/C17H32N6O2.HI/c1-14(24)22-10-8-21(9-11-22)7-5-20-17(19-2)23-6-3-4-15(13-23)12-16(18)25;/h15H,3-13H2,1-2H3,(H2,18,25)(H,19,20);1H. The van der Waals surface area contributed by atoms with Crippen LogP contribution < -0.4 is 11.1 Å². The number of aliphatic imine (C=N–C) groups is 1. The fourth-order valence-corrected chi connectivity index (χ4v) is 3.65. The van der Waals surface area contributed by atoms with Crippen molar-refractivity contribution in [2.45, 2.75) is 26.2 Å². The number of carbonyl (C=O) groups is 2. The first-order valence-electron chi connectivity index (χ1n) is 9.21. The van der Waals surface area contributed by atoms with Gasteiger partial charge in [-0.05, 0) is 18.8 Å². The van der Waals surface area contributed by atoms with E-state index in [1.54, 1.807) is 14.0 Å². The Balaban J connectivity index is 0.00000338. The fraction of sp³-hybridized carbons (Fsp3) is 0.824. The number of nitrogens with zero attached hydrogens (tertiary/aromatic N) is 4. The van der Waals surface area contributed by atoms with Gasteiger partial charge in [-0.25, -0.2) is 0 Å². The number of nitrogens with two attached hydrogens (primary N) is 1. The van der Waals surface area contributed by atoms with Gasteiger partial charge in [0, 0.05) is 72.8 Å². The molecule has 0 radical (unpaired) electrons. The lowest BCUT2D eigenvalue weighted by molar-refractivity contribution is -0.130. The summed E-state index contributed by atoms with van der Waals surface area (Å²) in [6.07, 6.45) is 2.57. The van der Waals surface area contributed by atoms with E-state index >= 15 is 0 Å². The van der Waals surface area contributed by atoms with Crippen LogP contribution in [-0.4, -0.2) is 91.9 Å². The zero-order chi connectivity index (χ0) is 18.2. The first-order chi connectivity index (χ1) is 12.0. The van der Waals surface area contributed by atoms with E-state index in [1.807, 2.05) is 4.90 Å². The molecule has 0 spiro atoms. The SMILES string of the molecule is CN=C(NCCN1CCN(C(C)=O)CC1)N1CCCC(CC(N)=O)C1.I. The van der Waals surface area contributed by atoms with Gasteiger partial charge in [-0.3, -0.25) is 19.5 Å². The van der Waals surface area contributed by atoms with E-state index in [0.717, 1.165) is 71.2 Å². The molecule has 3 N–H and O–H groups in total. The van der Waals surface area contributed by atoms with Gasteiger partial charge in [0.15, 0.2) is 5.96 Å². The summed E-state index contributed by atoms with van der Waals surface area (Å²) in [5.74, 6) is 1.16.